The van der Waals surface area contributed by atoms with Crippen molar-refractivity contribution < 1.29 is 159 Å². The molecule has 35 atom stereocenters. The molecule has 32 heteroatoms. The molecule has 0 aromatic rings. The summed E-state index contributed by atoms with van der Waals surface area (Å²) in [7, 11) is 0. The second kappa shape index (κ2) is 26.4. The van der Waals surface area contributed by atoms with Crippen LogP contribution in [0.2, 0.25) is 0 Å². The Kier molecular flexibility index (Phi) is 20.6. The van der Waals surface area contributed by atoms with Crippen molar-refractivity contribution in [3.8, 4) is 0 Å². The summed E-state index contributed by atoms with van der Waals surface area (Å²) < 4.78 is 72.7. The van der Waals surface area contributed by atoms with E-state index in [0.29, 0.717) is 50.5 Å². The van der Waals surface area contributed by atoms with Crippen LogP contribution in [-0.4, -0.2) is 326 Å². The SMILES string of the molecule is C=C1C[C@@]23CCC4[C@](C)(C(=O)O[C@@H]5OC(CO)[C@@H](O)[C@H](O[C@@H]6OC(CO)[C@@H](O)[C@H](O)C6O)C5O[C@@H]5O[C@@H](CO)C(O)C(O)C5O)CCC[C@@]4(C)[C@@H]2CCC1(O[C@@H]1OC(CO)C(O)[C@H](O[C@@H]2OC(CO)[C@@H](O)[C@H](O)C2O)C1O[C@@H]1OC[C@@H](O)C(O)C1O)C3. The van der Waals surface area contributed by atoms with Gasteiger partial charge >= 0.3 is 5.97 Å². The summed E-state index contributed by atoms with van der Waals surface area (Å²) in [4.78, 5) is 15.4. The zero-order valence-electron chi connectivity index (χ0n) is 48.0. The third-order valence-electron chi connectivity index (χ3n) is 20.9. The standard InChI is InChI=1S/C55H88O32/c1-19-11-54-9-5-26-52(2,27(54)6-10-55(19,18-54)87-50-44(84-45-37(71)28(62)20(61)17-76-45)42(33(67)25(16-60)81-50)83-47-39(73)35(69)30(64)22(13-57)78-47)7-4-8-53(26,3)51(75)86-49-43(85-48-40(74)36(70)31(65)23(14-58)79-48)41(32(66)24(15-59)80-49)82-46-38(72)34(68)29(63)21(12-56)77-46/h20-50,56-74H,1,4-18H2,2-3H3/t20-,21?,22?,23+,24?,25?,26?,27+,28?,29-,30-,31?,32-,33?,34+,35+,36?,37?,38?,39?,40?,41+,42+,43?,44?,45+,46+,47+,48+,49+,50+,52-,53-,54-,55?/m1/s1. The topological polar surface area (TPSA) is 512 Å². The number of hydrogen-bond acceptors (Lipinski definition) is 32. The quantitative estimate of drug-likeness (QED) is 0.0365. The average Bonchev–Trinajstić information content (AvgIpc) is 1.64. The number of ether oxygens (including phenoxy) is 12. The van der Waals surface area contributed by atoms with Crippen LogP contribution in [0.15, 0.2) is 12.2 Å². The second-order valence-electron chi connectivity index (χ2n) is 26.0. The Labute approximate surface area is 498 Å². The molecule has 10 aliphatic rings. The molecule has 4 aliphatic carbocycles. The van der Waals surface area contributed by atoms with Gasteiger partial charge in [-0.25, -0.2) is 0 Å². The highest BCUT2D eigenvalue weighted by molar-refractivity contribution is 5.77. The number of carbonyl (C=O) groups is 1. The Bertz CT molecular complexity index is 2340. The van der Waals surface area contributed by atoms with Crippen LogP contribution >= 0.6 is 0 Å². The average molecular weight is 1260 g/mol. The fraction of sp³-hybridized carbons (Fsp3) is 0.945. The van der Waals surface area contributed by atoms with E-state index in [-0.39, 0.29) is 18.8 Å². The molecule has 6 heterocycles. The van der Waals surface area contributed by atoms with Gasteiger partial charge in [0.15, 0.2) is 37.6 Å². The zero-order chi connectivity index (χ0) is 63.1. The Balaban J connectivity index is 0.915. The van der Waals surface area contributed by atoms with Gasteiger partial charge in [-0.2, -0.15) is 0 Å². The van der Waals surface area contributed by atoms with Gasteiger partial charge in [-0.1, -0.05) is 19.9 Å². The lowest BCUT2D eigenvalue weighted by molar-refractivity contribution is -0.395. The number of aliphatic hydroxyl groups is 19. The fourth-order valence-electron chi connectivity index (χ4n) is 16.1. The van der Waals surface area contributed by atoms with Crippen molar-refractivity contribution in [1.82, 2.24) is 0 Å². The molecule has 10 fully saturated rings. The van der Waals surface area contributed by atoms with Crippen molar-refractivity contribution in [2.45, 2.75) is 255 Å². The molecule has 87 heavy (non-hydrogen) atoms. The molecule has 1 spiro atoms. The van der Waals surface area contributed by atoms with Crippen LogP contribution in [0.3, 0.4) is 0 Å². The minimum atomic E-state index is -2.07. The molecule has 6 saturated heterocycles. The molecule has 2 bridgehead atoms. The zero-order valence-corrected chi connectivity index (χ0v) is 48.0. The third-order valence-corrected chi connectivity index (χ3v) is 20.9. The number of rotatable bonds is 17. The molecule has 4 saturated carbocycles. The van der Waals surface area contributed by atoms with E-state index in [2.05, 4.69) is 13.5 Å². The van der Waals surface area contributed by atoms with Crippen LogP contribution in [0.1, 0.15) is 71.6 Å². The lowest BCUT2D eigenvalue weighted by Crippen LogP contribution is -2.68. The fourth-order valence-corrected chi connectivity index (χ4v) is 16.1. The van der Waals surface area contributed by atoms with Crippen LogP contribution in [0, 0.1) is 28.1 Å². The van der Waals surface area contributed by atoms with Crippen LogP contribution < -0.4 is 0 Å². The molecule has 0 aromatic heterocycles. The van der Waals surface area contributed by atoms with Crippen LogP contribution in [0.5, 0.6) is 0 Å². The van der Waals surface area contributed by atoms with Gasteiger partial charge in [-0.3, -0.25) is 4.79 Å². The number of fused-ring (bicyclic) bond motifs is 3. The molecule has 10 rings (SSSR count). The van der Waals surface area contributed by atoms with E-state index in [9.17, 15) is 97.0 Å². The predicted molar refractivity (Wildman–Crippen MR) is 278 cm³/mol. The Morgan fingerprint density at radius 2 is 0.885 bits per heavy atom. The maximum absolute atomic E-state index is 15.4. The number of carbonyl (C=O) groups excluding carboxylic acids is 1. The lowest BCUT2D eigenvalue weighted by atomic mass is 9.41. The molecular weight excluding hydrogens is 1170 g/mol. The summed E-state index contributed by atoms with van der Waals surface area (Å²) in [6, 6.07) is 0. The second-order valence-corrected chi connectivity index (χ2v) is 26.0. The van der Waals surface area contributed by atoms with Crippen LogP contribution in [0.4, 0.5) is 0 Å². The molecule has 500 valence electrons. The van der Waals surface area contributed by atoms with Gasteiger partial charge in [0.1, 0.15) is 134 Å². The Hall–Kier alpha value is -1.99. The third kappa shape index (κ3) is 12.0. The van der Waals surface area contributed by atoms with Crippen molar-refractivity contribution in [1.29, 1.82) is 0 Å². The minimum absolute atomic E-state index is 0.127. The van der Waals surface area contributed by atoms with Gasteiger partial charge < -0.3 is 154 Å². The van der Waals surface area contributed by atoms with Crippen molar-refractivity contribution in [3.63, 3.8) is 0 Å². The largest absolute Gasteiger partial charge is 0.432 e. The van der Waals surface area contributed by atoms with Crippen molar-refractivity contribution in [2.24, 2.45) is 28.1 Å². The molecular formula is C55H88O32. The van der Waals surface area contributed by atoms with Gasteiger partial charge in [-0.05, 0) is 86.5 Å². The Morgan fingerprint density at radius 3 is 1.38 bits per heavy atom. The molecule has 19 N–H and O–H groups in total. The van der Waals surface area contributed by atoms with E-state index >= 15 is 4.79 Å². The van der Waals surface area contributed by atoms with Gasteiger partial charge in [0.05, 0.1) is 50.7 Å². The number of hydrogen-bond donors (Lipinski definition) is 19. The van der Waals surface area contributed by atoms with Gasteiger partial charge in [-0.15, -0.1) is 0 Å². The predicted octanol–water partition coefficient (Wildman–Crippen LogP) is -8.83. The first-order valence-electron chi connectivity index (χ1n) is 29.8. The Morgan fingerprint density at radius 1 is 0.471 bits per heavy atom. The summed E-state index contributed by atoms with van der Waals surface area (Å²) in [5, 5.41) is 204. The first-order chi connectivity index (χ1) is 41.2. The van der Waals surface area contributed by atoms with Crippen LogP contribution in [0.25, 0.3) is 0 Å². The minimum Gasteiger partial charge on any atom is -0.432 e. The van der Waals surface area contributed by atoms with E-state index in [0.717, 1.165) is 0 Å². The monoisotopic (exact) mass is 1260 g/mol. The summed E-state index contributed by atoms with van der Waals surface area (Å²) in [6.07, 6.45) is -48.7. The van der Waals surface area contributed by atoms with Crippen molar-refractivity contribution >= 4 is 5.97 Å². The van der Waals surface area contributed by atoms with Crippen LogP contribution in [-0.2, 0) is 61.6 Å². The maximum Gasteiger partial charge on any atom is 0.314 e. The van der Waals surface area contributed by atoms with Crippen molar-refractivity contribution in [2.75, 3.05) is 39.6 Å². The molecule has 6 aliphatic heterocycles. The molecule has 0 amide bonds. The summed E-state index contributed by atoms with van der Waals surface area (Å²) in [5.74, 6) is -1.38. The summed E-state index contributed by atoms with van der Waals surface area (Å²) >= 11 is 0. The lowest BCUT2D eigenvalue weighted by Gasteiger charge is -2.64. The normalized spacial score (nSPS) is 54.6. The van der Waals surface area contributed by atoms with E-state index < -0.39 is 252 Å². The number of esters is 1. The first-order valence-corrected chi connectivity index (χ1v) is 29.8. The summed E-state index contributed by atoms with van der Waals surface area (Å²) in [5.41, 5.74) is -3.08. The molecule has 32 nitrogen and oxygen atoms in total. The first kappa shape index (κ1) is 67.9. The molecule has 0 radical (unpaired) electrons. The van der Waals surface area contributed by atoms with Gasteiger partial charge in [0.25, 0.3) is 0 Å². The van der Waals surface area contributed by atoms with Gasteiger partial charge in [0.2, 0.25) is 6.29 Å². The highest BCUT2D eigenvalue weighted by Crippen LogP contribution is 2.74. The van der Waals surface area contributed by atoms with E-state index in [4.69, 9.17) is 56.8 Å². The molecule has 0 aromatic carbocycles. The highest BCUT2D eigenvalue weighted by Gasteiger charge is 2.70. The molecule has 16 unspecified atom stereocenters. The van der Waals surface area contributed by atoms with Crippen molar-refractivity contribution in [3.05, 3.63) is 12.2 Å². The highest BCUT2D eigenvalue weighted by atomic mass is 16.8. The van der Waals surface area contributed by atoms with E-state index in [1.807, 2.05) is 0 Å². The summed E-state index contributed by atoms with van der Waals surface area (Å²) in [6.45, 7) is 3.49. The van der Waals surface area contributed by atoms with E-state index in [1.54, 1.807) is 6.92 Å². The number of aliphatic hydroxyl groups excluding tert-OH is 19. The maximum atomic E-state index is 15.4. The van der Waals surface area contributed by atoms with E-state index in [1.165, 1.54) is 0 Å². The van der Waals surface area contributed by atoms with Gasteiger partial charge in [0, 0.05) is 0 Å². The smallest absolute Gasteiger partial charge is 0.314 e.